The van der Waals surface area contributed by atoms with Crippen LogP contribution in [0.5, 0.6) is 0 Å². The molecule has 3 aromatic heterocycles. The molecule has 0 bridgehead atoms. The Morgan fingerprint density at radius 2 is 2.12 bits per heavy atom. The summed E-state index contributed by atoms with van der Waals surface area (Å²) in [5, 5.41) is 24.6. The highest BCUT2D eigenvalue weighted by Gasteiger charge is 2.17. The summed E-state index contributed by atoms with van der Waals surface area (Å²) < 4.78 is 4.15. The fraction of sp³-hybridized carbons (Fsp3) is 0.235. The maximum Gasteiger partial charge on any atom is 0.291 e. The van der Waals surface area contributed by atoms with Crippen LogP contribution in [0.1, 0.15) is 22.4 Å². The molecule has 3 heterocycles. The van der Waals surface area contributed by atoms with Crippen LogP contribution >= 0.6 is 11.3 Å². The Balaban J connectivity index is 1.84. The van der Waals surface area contributed by atoms with Crippen molar-refractivity contribution in [3.63, 3.8) is 0 Å². The monoisotopic (exact) mass is 356 g/mol. The lowest BCUT2D eigenvalue weighted by atomic mass is 10.1. The van der Waals surface area contributed by atoms with Gasteiger partial charge in [-0.15, -0.1) is 11.3 Å². The van der Waals surface area contributed by atoms with Gasteiger partial charge < -0.3 is 14.8 Å². The van der Waals surface area contributed by atoms with E-state index in [2.05, 4.69) is 10.1 Å². The molecule has 0 saturated heterocycles. The van der Waals surface area contributed by atoms with Crippen LogP contribution in [0.2, 0.25) is 0 Å². The maximum atomic E-state index is 12.9. The van der Waals surface area contributed by atoms with Crippen LogP contribution in [-0.4, -0.2) is 29.5 Å². The molecule has 1 aromatic carbocycles. The van der Waals surface area contributed by atoms with Crippen molar-refractivity contribution in [1.82, 2.24) is 19.3 Å². The molecular weight excluding hydrogens is 340 g/mol. The minimum Gasteiger partial charge on any atom is -0.364 e. The summed E-state index contributed by atoms with van der Waals surface area (Å²) in [6, 6.07) is 6.81. The molecular formula is C17H16N4O3S. The number of nitrogens with zero attached hydrogens (tertiary/aromatic N) is 4. The van der Waals surface area contributed by atoms with Gasteiger partial charge in [0, 0.05) is 18.0 Å². The summed E-state index contributed by atoms with van der Waals surface area (Å²) in [6.45, 7) is 2.19. The zero-order chi connectivity index (χ0) is 17.7. The highest BCUT2D eigenvalue weighted by Crippen LogP contribution is 2.30. The van der Waals surface area contributed by atoms with Crippen molar-refractivity contribution in [1.29, 1.82) is 0 Å². The Morgan fingerprint density at radius 3 is 2.88 bits per heavy atom. The third kappa shape index (κ3) is 2.55. The Morgan fingerprint density at radius 1 is 1.32 bits per heavy atom. The number of hydrogen-bond donors (Lipinski definition) is 2. The predicted octanol–water partition coefficient (Wildman–Crippen LogP) is 1.68. The Hall–Kier alpha value is -2.55. The highest BCUT2D eigenvalue weighted by molar-refractivity contribution is 7.19. The normalized spacial score (nSPS) is 11.9. The minimum absolute atomic E-state index is 0.196. The van der Waals surface area contributed by atoms with Gasteiger partial charge in [0.1, 0.15) is 5.52 Å². The number of benzene rings is 1. The largest absolute Gasteiger partial charge is 0.364 e. The van der Waals surface area contributed by atoms with Crippen LogP contribution < -0.4 is 5.56 Å². The van der Waals surface area contributed by atoms with Crippen molar-refractivity contribution in [3.05, 3.63) is 57.0 Å². The van der Waals surface area contributed by atoms with E-state index in [9.17, 15) is 15.0 Å². The van der Waals surface area contributed by atoms with Gasteiger partial charge in [0.15, 0.2) is 11.9 Å². The lowest BCUT2D eigenvalue weighted by Gasteiger charge is -2.08. The van der Waals surface area contributed by atoms with Gasteiger partial charge in [-0.3, -0.25) is 4.79 Å². The van der Waals surface area contributed by atoms with Crippen LogP contribution in [0.3, 0.4) is 0 Å². The molecule has 0 spiro atoms. The molecule has 128 valence electrons. The van der Waals surface area contributed by atoms with Crippen molar-refractivity contribution in [3.8, 4) is 0 Å². The Labute approximate surface area is 146 Å². The van der Waals surface area contributed by atoms with Gasteiger partial charge in [0.05, 0.1) is 22.4 Å². The summed E-state index contributed by atoms with van der Waals surface area (Å²) in [7, 11) is 1.83. The molecule has 7 nitrogen and oxygen atoms in total. The van der Waals surface area contributed by atoms with Gasteiger partial charge in [-0.05, 0) is 18.6 Å². The number of hydrogen-bond acceptors (Lipinski definition) is 6. The fourth-order valence-electron chi connectivity index (χ4n) is 3.03. The number of rotatable bonds is 3. The zero-order valence-electron chi connectivity index (χ0n) is 13.7. The predicted molar refractivity (Wildman–Crippen MR) is 95.6 cm³/mol. The summed E-state index contributed by atoms with van der Waals surface area (Å²) >= 11 is 1.55. The molecule has 8 heteroatoms. The van der Waals surface area contributed by atoms with Gasteiger partial charge in [-0.25, -0.2) is 9.67 Å². The molecule has 25 heavy (non-hydrogen) atoms. The molecule has 0 fully saturated rings. The maximum absolute atomic E-state index is 12.9. The topological polar surface area (TPSA) is 93.2 Å². The molecule has 0 amide bonds. The lowest BCUT2D eigenvalue weighted by Crippen LogP contribution is -2.24. The lowest BCUT2D eigenvalue weighted by molar-refractivity contribution is -0.0425. The summed E-state index contributed by atoms with van der Waals surface area (Å²) in [6.07, 6.45) is 0.155. The number of aliphatic hydroxyl groups is 2. The standard InChI is InChI=1S/C17H16N4O3S/c1-9-19-15-14(25-9)12-7-18-21(16(22)13(12)20(15)2)8-10-4-3-5-11(6-10)17(23)24/h3-7,17,23-24H,8H2,1-2H3. The average molecular weight is 356 g/mol. The first-order valence-corrected chi connectivity index (χ1v) is 8.54. The molecule has 0 aliphatic heterocycles. The van der Waals surface area contributed by atoms with E-state index in [1.54, 1.807) is 35.7 Å². The first kappa shape index (κ1) is 15.9. The number of aliphatic hydroxyl groups excluding tert-OH is 1. The Bertz CT molecular complexity index is 1160. The summed E-state index contributed by atoms with van der Waals surface area (Å²) in [4.78, 5) is 17.4. The van der Waals surface area contributed by atoms with Crippen molar-refractivity contribution in [2.75, 3.05) is 0 Å². The third-order valence-electron chi connectivity index (χ3n) is 4.21. The first-order chi connectivity index (χ1) is 12.0. The van der Waals surface area contributed by atoms with Crippen LogP contribution in [-0.2, 0) is 13.6 Å². The van der Waals surface area contributed by atoms with Crippen LogP contribution in [0.15, 0.2) is 35.3 Å². The van der Waals surface area contributed by atoms with Crippen molar-refractivity contribution in [2.45, 2.75) is 19.8 Å². The van der Waals surface area contributed by atoms with Crippen molar-refractivity contribution >= 4 is 32.6 Å². The van der Waals surface area contributed by atoms with E-state index in [0.29, 0.717) is 11.1 Å². The summed E-state index contributed by atoms with van der Waals surface area (Å²) in [5.74, 6) is 0. The SMILES string of the molecule is Cc1nc2c(s1)c1cnn(Cc3cccc(C(O)O)c3)c(=O)c1n2C. The van der Waals surface area contributed by atoms with Crippen LogP contribution in [0.4, 0.5) is 0 Å². The Kier molecular flexibility index (Phi) is 3.68. The van der Waals surface area contributed by atoms with Gasteiger partial charge in [-0.2, -0.15) is 5.10 Å². The first-order valence-electron chi connectivity index (χ1n) is 7.72. The molecule has 0 atom stereocenters. The quantitative estimate of drug-likeness (QED) is 0.545. The number of thiazole rings is 1. The van der Waals surface area contributed by atoms with Gasteiger partial charge in [0.2, 0.25) is 0 Å². The van der Waals surface area contributed by atoms with E-state index in [1.165, 1.54) is 4.68 Å². The molecule has 0 aliphatic carbocycles. The second-order valence-corrected chi connectivity index (χ2v) is 7.14. The molecule has 4 rings (SSSR count). The summed E-state index contributed by atoms with van der Waals surface area (Å²) in [5.41, 5.74) is 2.31. The minimum atomic E-state index is -1.54. The molecule has 0 radical (unpaired) electrons. The number of aryl methyl sites for hydroxylation is 2. The van der Waals surface area contributed by atoms with Crippen LogP contribution in [0, 0.1) is 6.92 Å². The van der Waals surface area contributed by atoms with Gasteiger partial charge in [0.25, 0.3) is 5.56 Å². The van der Waals surface area contributed by atoms with Crippen LogP contribution in [0.25, 0.3) is 21.3 Å². The van der Waals surface area contributed by atoms with E-state index in [1.807, 2.05) is 24.6 Å². The third-order valence-corrected chi connectivity index (χ3v) is 5.21. The second kappa shape index (κ2) is 5.76. The van der Waals surface area contributed by atoms with E-state index < -0.39 is 6.29 Å². The molecule has 0 aliphatic rings. The van der Waals surface area contributed by atoms with E-state index in [0.717, 1.165) is 26.3 Å². The van der Waals surface area contributed by atoms with Gasteiger partial charge >= 0.3 is 0 Å². The van der Waals surface area contributed by atoms with Crippen molar-refractivity contribution < 1.29 is 10.2 Å². The average Bonchev–Trinajstić information content (AvgIpc) is 3.08. The molecule has 0 saturated carbocycles. The molecule has 2 N–H and O–H groups in total. The number of aromatic nitrogens is 4. The van der Waals surface area contributed by atoms with E-state index >= 15 is 0 Å². The smallest absolute Gasteiger partial charge is 0.291 e. The van der Waals surface area contributed by atoms with Crippen molar-refractivity contribution in [2.24, 2.45) is 7.05 Å². The fourth-order valence-corrected chi connectivity index (χ4v) is 3.99. The highest BCUT2D eigenvalue weighted by atomic mass is 32.1. The van der Waals surface area contributed by atoms with E-state index in [4.69, 9.17) is 0 Å². The van der Waals surface area contributed by atoms with Gasteiger partial charge in [-0.1, -0.05) is 18.2 Å². The molecule has 0 unspecified atom stereocenters. The molecule has 4 aromatic rings. The van der Waals surface area contributed by atoms with E-state index in [-0.39, 0.29) is 12.1 Å². The zero-order valence-corrected chi connectivity index (χ0v) is 14.5. The second-order valence-electron chi connectivity index (χ2n) is 5.93. The number of fused-ring (bicyclic) bond motifs is 3.